The summed E-state index contributed by atoms with van der Waals surface area (Å²) >= 11 is 8.08. The molecule has 1 aliphatic carbocycles. The number of carbonyl (C=O) groups is 3. The Kier molecular flexibility index (Phi) is 34.2. The van der Waals surface area contributed by atoms with Crippen molar-refractivity contribution >= 4 is 163 Å². The first-order valence-electron chi connectivity index (χ1n) is 40.7. The number of ether oxygens (including phenoxy) is 2. The van der Waals surface area contributed by atoms with Gasteiger partial charge in [0.05, 0.1) is 34.3 Å². The van der Waals surface area contributed by atoms with Gasteiger partial charge in [0, 0.05) is 206 Å². The third-order valence-corrected chi connectivity index (χ3v) is 22.5. The minimum Gasteiger partial charge on any atom is -0.462 e. The molecule has 0 aliphatic heterocycles. The molecule has 6 aromatic heterocycles. The molecule has 0 radical (unpaired) electrons. The molecule has 0 fully saturated rings. The number of hydrogen-bond acceptors (Lipinski definition) is 25. The number of allylic oxidation sites excluding steroid dienone is 1. The maximum Gasteiger partial charge on any atom is 0.417 e. The summed E-state index contributed by atoms with van der Waals surface area (Å²) < 4.78 is 80.5. The van der Waals surface area contributed by atoms with Crippen LogP contribution in [-0.4, -0.2) is 114 Å². The lowest BCUT2D eigenvalue weighted by atomic mass is 9.94. The normalized spacial score (nSPS) is 11.5. The molecule has 26 nitrogen and oxygen atoms in total. The molecule has 31 heteroatoms. The standard InChI is InChI=1S/C17H16ClNO3.C17H21NO4.C16H19NO4.C14H14F3NO2.C14H16INO2.C14H16N2O4/c1-3-19(4-2)10-5-6-12-13-8-11(20)9-14(18)16(13)17(21)22-15(12)7-10;1-5-18(6-2)12-8-9-13-11(4)15(16(19)21-7-3)17(20)22-14(13)10-12;1-4-17(5-2)12-8-7-11-9-13(15(18)20-6-3)16(19)21-14(11)10-12;1-3-18(4-2)9-5-6-10-11(14(15,16)17)8-13(19)20-12(10)7-9;1-4-16(5-2)10-6-7-11-9(3)13(15)14(17)18-12(11)8-10;1-4-15(5-2)10-6-7-11-9(3)13(16(18)19)14(17)20-12(11)8-10/h5-7,9H,3-4,8H2,1-2H3;8-10H,5-7H2,1-4H3;7-10H,4-6H2,1-3H3;5-8H,3-4H2,1-2H3;6-8H,4-5H2,1-3H3;6-8H,4-5H2,1-3H3. The zero-order valence-corrected chi connectivity index (χ0v) is 74.9. The van der Waals surface area contributed by atoms with E-state index in [-0.39, 0.29) is 58.2 Å². The summed E-state index contributed by atoms with van der Waals surface area (Å²) in [5.41, 5.74) is 5.54. The van der Waals surface area contributed by atoms with Gasteiger partial charge in [0.15, 0.2) is 5.78 Å². The molecule has 6 aromatic carbocycles. The second-order valence-electron chi connectivity index (χ2n) is 27.7. The predicted octanol–water partition coefficient (Wildman–Crippen LogP) is 19.4. The van der Waals surface area contributed by atoms with Crippen LogP contribution >= 0.6 is 34.2 Å². The average Bonchev–Trinajstić information content (AvgIpc) is 0.731. The highest BCUT2D eigenvalue weighted by Gasteiger charge is 2.34. The van der Waals surface area contributed by atoms with E-state index in [2.05, 4.69) is 86.0 Å². The van der Waals surface area contributed by atoms with Crippen LogP contribution in [0.5, 0.6) is 0 Å². The zero-order chi connectivity index (χ0) is 90.6. The SMILES string of the molecule is CCN(CC)c1ccc2c(C(F)(F)F)cc(=O)oc2c1.CCN(CC)c1ccc2c(C)c(I)c(=O)oc2c1.CCN(CC)c1ccc2c(C)c([N+](=O)[O-])c(=O)oc2c1.CCN(CC)c1ccc2c3c(c(=O)oc2c1)C(Cl)=CC(=O)C3.CCOC(=O)c1c(C)c2ccc(N(CC)CC)cc2oc1=O.CCOC(=O)c1cc2ccc(N(CC)CC)cc2oc1=O. The quantitative estimate of drug-likeness (QED) is 0.0189. The average molecular weight is 1830 g/mol. The fourth-order valence-corrected chi connectivity index (χ4v) is 15.0. The van der Waals surface area contributed by atoms with Crippen LogP contribution in [0.25, 0.3) is 70.8 Å². The summed E-state index contributed by atoms with van der Waals surface area (Å²) in [6.07, 6.45) is -3.11. The molecule has 13 rings (SSSR count). The molecule has 0 spiro atoms. The monoisotopic (exact) mass is 1830 g/mol. The number of rotatable bonds is 23. The van der Waals surface area contributed by atoms with Crippen molar-refractivity contribution in [3.63, 3.8) is 0 Å². The Morgan fingerprint density at radius 1 is 0.431 bits per heavy atom. The van der Waals surface area contributed by atoms with E-state index in [4.69, 9.17) is 47.6 Å². The van der Waals surface area contributed by atoms with Gasteiger partial charge < -0.3 is 65.4 Å². The largest absolute Gasteiger partial charge is 0.462 e. The number of hydrogen-bond donors (Lipinski definition) is 0. The topological polar surface area (TPSA) is 314 Å². The van der Waals surface area contributed by atoms with E-state index in [0.717, 1.165) is 121 Å². The molecule has 1 aliphatic rings. The fraction of sp³-hybridized carbons (Fsp3) is 0.359. The molecule has 123 heavy (non-hydrogen) atoms. The van der Waals surface area contributed by atoms with Crippen LogP contribution in [0.1, 0.15) is 151 Å². The fourth-order valence-electron chi connectivity index (χ4n) is 14.3. The van der Waals surface area contributed by atoms with Crippen molar-refractivity contribution in [3.8, 4) is 0 Å². The van der Waals surface area contributed by atoms with Crippen LogP contribution in [0.2, 0.25) is 0 Å². The molecule has 0 saturated heterocycles. The van der Waals surface area contributed by atoms with Crippen LogP contribution in [0, 0.1) is 34.5 Å². The number of anilines is 6. The Hall–Kier alpha value is -12.1. The lowest BCUT2D eigenvalue weighted by molar-refractivity contribution is -0.387. The van der Waals surface area contributed by atoms with E-state index >= 15 is 0 Å². The van der Waals surface area contributed by atoms with Crippen LogP contribution < -0.4 is 63.2 Å². The van der Waals surface area contributed by atoms with E-state index in [1.165, 1.54) is 24.3 Å². The number of halogens is 5. The number of carbonyl (C=O) groups excluding carboxylic acids is 3. The first-order chi connectivity index (χ1) is 58.6. The predicted molar refractivity (Wildman–Crippen MR) is 489 cm³/mol. The van der Waals surface area contributed by atoms with Crippen molar-refractivity contribution in [2.45, 2.75) is 130 Å². The highest BCUT2D eigenvalue weighted by atomic mass is 127. The van der Waals surface area contributed by atoms with Crippen molar-refractivity contribution in [1.82, 2.24) is 0 Å². The molecule has 6 heterocycles. The summed E-state index contributed by atoms with van der Waals surface area (Å²) in [5, 5.41) is 14.8. The maximum absolute atomic E-state index is 12.9. The number of esters is 2. The lowest BCUT2D eigenvalue weighted by Gasteiger charge is -2.21. The van der Waals surface area contributed by atoms with Gasteiger partial charge in [-0.25, -0.2) is 38.4 Å². The van der Waals surface area contributed by atoms with Gasteiger partial charge in [0.2, 0.25) is 0 Å². The molecule has 0 N–H and O–H groups in total. The van der Waals surface area contributed by atoms with Gasteiger partial charge in [0.25, 0.3) is 0 Å². The van der Waals surface area contributed by atoms with Gasteiger partial charge in [-0.15, -0.1) is 0 Å². The second-order valence-corrected chi connectivity index (χ2v) is 29.2. The molecule has 0 unspecified atom stereocenters. The van der Waals surface area contributed by atoms with Crippen molar-refractivity contribution in [2.24, 2.45) is 0 Å². The molecule has 0 saturated carbocycles. The summed E-state index contributed by atoms with van der Waals surface area (Å²) in [4.78, 5) is 129. The molecule has 0 amide bonds. The Balaban J connectivity index is 0.000000183. The van der Waals surface area contributed by atoms with E-state index < -0.39 is 62.4 Å². The summed E-state index contributed by atoms with van der Waals surface area (Å²) in [6.45, 7) is 43.8. The van der Waals surface area contributed by atoms with Gasteiger partial charge in [0.1, 0.15) is 48.2 Å². The highest BCUT2D eigenvalue weighted by molar-refractivity contribution is 14.1. The van der Waals surface area contributed by atoms with Crippen LogP contribution in [0.15, 0.2) is 183 Å². The number of benzene rings is 6. The van der Waals surface area contributed by atoms with Gasteiger partial charge >= 0.3 is 57.6 Å². The van der Waals surface area contributed by atoms with Crippen molar-refractivity contribution < 1.29 is 68.5 Å². The first kappa shape index (κ1) is 96.4. The van der Waals surface area contributed by atoms with E-state index in [1.54, 1.807) is 45.9 Å². The first-order valence-corrected chi connectivity index (χ1v) is 42.2. The molecular formula is C92H102ClF3IN7O19. The second kappa shape index (κ2) is 43.6. The summed E-state index contributed by atoms with van der Waals surface area (Å²) in [7, 11) is 0. The summed E-state index contributed by atoms with van der Waals surface area (Å²) in [5.74, 6) is -1.39. The zero-order valence-electron chi connectivity index (χ0n) is 72.0. The minimum absolute atomic E-state index is 0.0232. The molecule has 12 aromatic rings. The number of aryl methyl sites for hydroxylation is 3. The molecule has 0 bridgehead atoms. The molecular weight excluding hydrogens is 1730 g/mol. The van der Waals surface area contributed by atoms with Crippen LogP contribution in [0.3, 0.4) is 0 Å². The number of fused-ring (bicyclic) bond motifs is 8. The summed E-state index contributed by atoms with van der Waals surface area (Å²) in [6, 6.07) is 34.9. The molecule has 0 atom stereocenters. The smallest absolute Gasteiger partial charge is 0.417 e. The van der Waals surface area contributed by atoms with Crippen LogP contribution in [-0.2, 0) is 26.9 Å². The number of nitro groups is 1. The number of nitrogens with zero attached hydrogens (tertiary/aromatic N) is 7. The third-order valence-electron chi connectivity index (χ3n) is 20.9. The Labute approximate surface area is 726 Å². The van der Waals surface area contributed by atoms with Crippen molar-refractivity contribution in [2.75, 3.05) is 121 Å². The van der Waals surface area contributed by atoms with Gasteiger partial charge in [-0.3, -0.25) is 14.9 Å². The van der Waals surface area contributed by atoms with E-state index in [9.17, 15) is 66.4 Å². The van der Waals surface area contributed by atoms with Gasteiger partial charge in [-0.05, 0) is 236 Å². The van der Waals surface area contributed by atoms with Gasteiger partial charge in [-0.1, -0.05) is 11.6 Å². The number of ketones is 1. The van der Waals surface area contributed by atoms with E-state index in [1.807, 2.05) is 135 Å². The Bertz CT molecular complexity index is 6270. The Morgan fingerprint density at radius 3 is 1.20 bits per heavy atom. The highest BCUT2D eigenvalue weighted by Crippen LogP contribution is 2.37. The van der Waals surface area contributed by atoms with E-state index in [0.29, 0.717) is 83.7 Å². The van der Waals surface area contributed by atoms with Gasteiger partial charge in [-0.2, -0.15) is 13.2 Å². The lowest BCUT2D eigenvalue weighted by Crippen LogP contribution is -2.22. The maximum atomic E-state index is 12.9. The minimum atomic E-state index is -4.58. The van der Waals surface area contributed by atoms with Crippen molar-refractivity contribution in [3.05, 3.63) is 248 Å². The van der Waals surface area contributed by atoms with Crippen LogP contribution in [0.4, 0.5) is 53.0 Å². The Morgan fingerprint density at radius 2 is 0.780 bits per heavy atom. The number of alkyl halides is 3. The molecule has 654 valence electrons. The third kappa shape index (κ3) is 22.6. The van der Waals surface area contributed by atoms with Crippen molar-refractivity contribution in [1.29, 1.82) is 0 Å².